The first-order chi connectivity index (χ1) is 17.7. The van der Waals surface area contributed by atoms with Crippen LogP contribution in [0.4, 0.5) is 0 Å². The van der Waals surface area contributed by atoms with Crippen LogP contribution in [0.5, 0.6) is 0 Å². The lowest BCUT2D eigenvalue weighted by molar-refractivity contribution is -0.137. The van der Waals surface area contributed by atoms with Gasteiger partial charge in [0.1, 0.15) is 0 Å². The van der Waals surface area contributed by atoms with Gasteiger partial charge in [0.25, 0.3) is 0 Å². The van der Waals surface area contributed by atoms with E-state index in [9.17, 15) is 4.79 Å². The fourth-order valence-electron chi connectivity index (χ4n) is 5.69. The molecule has 0 rings (SSSR count). The monoisotopic (exact) mass is 509 g/mol. The van der Waals surface area contributed by atoms with Crippen molar-refractivity contribution in [2.75, 3.05) is 0 Å². The average molecular weight is 509 g/mol. The molecule has 0 aromatic carbocycles. The highest BCUT2D eigenvalue weighted by molar-refractivity contribution is 5.66. The molecule has 0 aliphatic carbocycles. The summed E-state index contributed by atoms with van der Waals surface area (Å²) in [5, 5.41) is 8.65. The lowest BCUT2D eigenvalue weighted by Gasteiger charge is -2.17. The second kappa shape index (κ2) is 30.7. The minimum absolute atomic E-state index is 0.346. The van der Waals surface area contributed by atoms with Crippen LogP contribution in [0.25, 0.3) is 0 Å². The van der Waals surface area contributed by atoms with Gasteiger partial charge in [-0.1, -0.05) is 194 Å². The number of carbonyl (C=O) groups is 1. The number of aliphatic carboxylic acids is 1. The fourth-order valence-corrected chi connectivity index (χ4v) is 5.69. The van der Waals surface area contributed by atoms with Crippen LogP contribution in [-0.2, 0) is 4.79 Å². The van der Waals surface area contributed by atoms with Gasteiger partial charge in [0.15, 0.2) is 0 Å². The number of hydrogen-bond donors (Lipinski definition) is 1. The highest BCUT2D eigenvalue weighted by Crippen LogP contribution is 2.25. The predicted molar refractivity (Wildman–Crippen MR) is 161 cm³/mol. The molecule has 0 bridgehead atoms. The molecule has 2 nitrogen and oxygen atoms in total. The fraction of sp³-hybridized carbons (Fsp3) is 0.971. The Balaban J connectivity index is 3.58. The number of carboxylic acids is 1. The van der Waals surface area contributed by atoms with Gasteiger partial charge < -0.3 is 5.11 Å². The van der Waals surface area contributed by atoms with Gasteiger partial charge in [-0.05, 0) is 12.3 Å². The summed E-state index contributed by atoms with van der Waals surface area (Å²) in [7, 11) is 0. The van der Waals surface area contributed by atoms with Crippen molar-refractivity contribution < 1.29 is 9.90 Å². The molecule has 0 aliphatic rings. The van der Waals surface area contributed by atoms with Gasteiger partial charge in [0.05, 0.1) is 0 Å². The molecule has 1 unspecified atom stereocenters. The quantitative estimate of drug-likeness (QED) is 0.0945. The molecular weight excluding hydrogens is 440 g/mol. The number of unbranched alkanes of at least 4 members (excludes halogenated alkanes) is 23. The molecule has 0 aliphatic heterocycles. The Morgan fingerprint density at radius 3 is 0.972 bits per heavy atom. The summed E-state index contributed by atoms with van der Waals surface area (Å²) in [5.41, 5.74) is 0. The van der Waals surface area contributed by atoms with E-state index in [0.29, 0.717) is 6.42 Å². The Morgan fingerprint density at radius 1 is 0.417 bits per heavy atom. The van der Waals surface area contributed by atoms with Gasteiger partial charge in [-0.15, -0.1) is 0 Å². The molecule has 0 saturated carbocycles. The molecule has 1 atom stereocenters. The maximum Gasteiger partial charge on any atom is 0.303 e. The third kappa shape index (κ3) is 29.7. The summed E-state index contributed by atoms with van der Waals surface area (Å²) >= 11 is 0. The Kier molecular flexibility index (Phi) is 30.2. The van der Waals surface area contributed by atoms with E-state index in [4.69, 9.17) is 5.11 Å². The molecule has 36 heavy (non-hydrogen) atoms. The summed E-state index contributed by atoms with van der Waals surface area (Å²) in [6.45, 7) is 4.64. The van der Waals surface area contributed by atoms with Crippen LogP contribution < -0.4 is 0 Å². The SMILES string of the molecule is CCCCCCCCCCC(CCCCCC)CCCCCCCCCCCCCCCCC(=O)O. The van der Waals surface area contributed by atoms with Gasteiger partial charge in [0, 0.05) is 6.42 Å². The first-order valence-electron chi connectivity index (χ1n) is 16.9. The van der Waals surface area contributed by atoms with Gasteiger partial charge in [-0.25, -0.2) is 0 Å². The lowest BCUT2D eigenvalue weighted by atomic mass is 9.89. The normalized spacial score (nSPS) is 12.3. The van der Waals surface area contributed by atoms with E-state index in [0.717, 1.165) is 18.8 Å². The second-order valence-corrected chi connectivity index (χ2v) is 11.9. The molecule has 0 amide bonds. The van der Waals surface area contributed by atoms with Gasteiger partial charge in [-0.2, -0.15) is 0 Å². The lowest BCUT2D eigenvalue weighted by Crippen LogP contribution is -2.01. The van der Waals surface area contributed by atoms with E-state index in [1.165, 1.54) is 173 Å². The standard InChI is InChI=1S/C34H68O2/c1-3-5-7-9-10-19-22-26-30-33(29-25-8-6-4-2)31-27-23-20-17-15-13-11-12-14-16-18-21-24-28-32-34(35)36/h33H,3-32H2,1-2H3,(H,35,36). The second-order valence-electron chi connectivity index (χ2n) is 11.9. The zero-order valence-electron chi connectivity index (χ0n) is 25.1. The molecule has 0 aromatic heterocycles. The van der Waals surface area contributed by atoms with Crippen LogP contribution in [0.2, 0.25) is 0 Å². The first kappa shape index (κ1) is 35.5. The summed E-state index contributed by atoms with van der Waals surface area (Å²) in [6.07, 6.45) is 40.9. The van der Waals surface area contributed by atoms with Crippen molar-refractivity contribution in [3.8, 4) is 0 Å². The molecular formula is C34H68O2. The Bertz CT molecular complexity index is 419. The number of hydrogen-bond acceptors (Lipinski definition) is 1. The van der Waals surface area contributed by atoms with E-state index in [-0.39, 0.29) is 0 Å². The van der Waals surface area contributed by atoms with Gasteiger partial charge >= 0.3 is 5.97 Å². The summed E-state index contributed by atoms with van der Waals surface area (Å²) in [4.78, 5) is 10.5. The van der Waals surface area contributed by atoms with Crippen LogP contribution in [-0.4, -0.2) is 11.1 Å². The van der Waals surface area contributed by atoms with Gasteiger partial charge in [-0.3, -0.25) is 4.79 Å². The third-order valence-corrected chi connectivity index (χ3v) is 8.18. The molecule has 0 radical (unpaired) electrons. The number of rotatable bonds is 31. The Morgan fingerprint density at radius 2 is 0.667 bits per heavy atom. The van der Waals surface area contributed by atoms with Crippen molar-refractivity contribution in [3.63, 3.8) is 0 Å². The Labute approximate surface area is 228 Å². The largest absolute Gasteiger partial charge is 0.481 e. The minimum Gasteiger partial charge on any atom is -0.481 e. The minimum atomic E-state index is -0.647. The zero-order valence-corrected chi connectivity index (χ0v) is 25.1. The molecule has 0 aromatic rings. The average Bonchev–Trinajstić information content (AvgIpc) is 2.87. The molecule has 216 valence electrons. The van der Waals surface area contributed by atoms with Crippen LogP contribution in [0, 0.1) is 5.92 Å². The zero-order chi connectivity index (χ0) is 26.4. The Hall–Kier alpha value is -0.530. The topological polar surface area (TPSA) is 37.3 Å². The highest BCUT2D eigenvalue weighted by atomic mass is 16.4. The van der Waals surface area contributed by atoms with Crippen molar-refractivity contribution in [3.05, 3.63) is 0 Å². The summed E-state index contributed by atoms with van der Waals surface area (Å²) < 4.78 is 0. The molecule has 1 N–H and O–H groups in total. The van der Waals surface area contributed by atoms with Crippen molar-refractivity contribution in [2.45, 2.75) is 206 Å². The molecule has 2 heteroatoms. The van der Waals surface area contributed by atoms with Crippen molar-refractivity contribution in [1.82, 2.24) is 0 Å². The predicted octanol–water partition coefficient (Wildman–Crippen LogP) is 12.4. The van der Waals surface area contributed by atoms with Crippen LogP contribution in [0.3, 0.4) is 0 Å². The first-order valence-corrected chi connectivity index (χ1v) is 16.9. The molecule has 0 fully saturated rings. The van der Waals surface area contributed by atoms with E-state index in [1.54, 1.807) is 0 Å². The van der Waals surface area contributed by atoms with E-state index in [1.807, 2.05) is 0 Å². The summed E-state index contributed by atoms with van der Waals surface area (Å²) in [5.74, 6) is 0.366. The summed E-state index contributed by atoms with van der Waals surface area (Å²) in [6, 6.07) is 0. The van der Waals surface area contributed by atoms with E-state index in [2.05, 4.69) is 13.8 Å². The smallest absolute Gasteiger partial charge is 0.303 e. The van der Waals surface area contributed by atoms with Crippen molar-refractivity contribution in [2.24, 2.45) is 5.92 Å². The maximum atomic E-state index is 10.5. The van der Waals surface area contributed by atoms with Crippen molar-refractivity contribution in [1.29, 1.82) is 0 Å². The van der Waals surface area contributed by atoms with Crippen LogP contribution >= 0.6 is 0 Å². The third-order valence-electron chi connectivity index (χ3n) is 8.18. The molecule has 0 spiro atoms. The van der Waals surface area contributed by atoms with Crippen LogP contribution in [0.15, 0.2) is 0 Å². The van der Waals surface area contributed by atoms with Crippen LogP contribution in [0.1, 0.15) is 206 Å². The van der Waals surface area contributed by atoms with E-state index >= 15 is 0 Å². The number of carboxylic acid groups (broad SMARTS) is 1. The van der Waals surface area contributed by atoms with Crippen molar-refractivity contribution >= 4 is 5.97 Å². The maximum absolute atomic E-state index is 10.5. The van der Waals surface area contributed by atoms with E-state index < -0.39 is 5.97 Å². The highest BCUT2D eigenvalue weighted by Gasteiger charge is 2.08. The molecule has 0 heterocycles. The molecule has 0 saturated heterocycles. The van der Waals surface area contributed by atoms with Gasteiger partial charge in [0.2, 0.25) is 0 Å².